The SMILES string of the molecule is CCNC(=O)[C@H](Cc1ccccc1)N(Cc1cccc(Cl)c1)C(=O)CCc1ccc(OC)c(OC)c1. The van der Waals surface area contributed by atoms with E-state index in [9.17, 15) is 9.59 Å². The predicted octanol–water partition coefficient (Wildman–Crippen LogP) is 5.07. The molecule has 0 fully saturated rings. The van der Waals surface area contributed by atoms with E-state index < -0.39 is 6.04 Å². The van der Waals surface area contributed by atoms with Crippen LogP contribution in [-0.4, -0.2) is 43.5 Å². The van der Waals surface area contributed by atoms with Gasteiger partial charge >= 0.3 is 0 Å². The Morgan fingerprint density at radius 1 is 0.889 bits per heavy atom. The molecule has 1 N–H and O–H groups in total. The summed E-state index contributed by atoms with van der Waals surface area (Å²) in [4.78, 5) is 28.6. The van der Waals surface area contributed by atoms with Gasteiger partial charge in [0.05, 0.1) is 14.2 Å². The first kappa shape index (κ1) is 27.1. The van der Waals surface area contributed by atoms with E-state index in [4.69, 9.17) is 21.1 Å². The molecule has 0 aromatic heterocycles. The van der Waals surface area contributed by atoms with Gasteiger partial charge in [0.2, 0.25) is 11.8 Å². The van der Waals surface area contributed by atoms with E-state index in [0.29, 0.717) is 35.9 Å². The molecule has 3 aromatic carbocycles. The number of benzene rings is 3. The second-order valence-corrected chi connectivity index (χ2v) is 8.88. The summed E-state index contributed by atoms with van der Waals surface area (Å²) in [6.45, 7) is 2.63. The fraction of sp³-hybridized carbons (Fsp3) is 0.310. The predicted molar refractivity (Wildman–Crippen MR) is 142 cm³/mol. The van der Waals surface area contributed by atoms with Gasteiger partial charge in [-0.15, -0.1) is 0 Å². The summed E-state index contributed by atoms with van der Waals surface area (Å²) in [7, 11) is 3.17. The van der Waals surface area contributed by atoms with Crippen LogP contribution in [0.3, 0.4) is 0 Å². The molecule has 0 unspecified atom stereocenters. The molecule has 0 aliphatic heterocycles. The minimum atomic E-state index is -0.663. The van der Waals surface area contributed by atoms with Crippen molar-refractivity contribution in [1.29, 1.82) is 0 Å². The zero-order valence-corrected chi connectivity index (χ0v) is 21.8. The monoisotopic (exact) mass is 508 g/mol. The first-order valence-corrected chi connectivity index (χ1v) is 12.4. The van der Waals surface area contributed by atoms with E-state index in [1.165, 1.54) is 0 Å². The van der Waals surface area contributed by atoms with Crippen LogP contribution in [0.4, 0.5) is 0 Å². The summed E-state index contributed by atoms with van der Waals surface area (Å²) in [5.74, 6) is 0.955. The second kappa shape index (κ2) is 13.5. The number of hydrogen-bond donors (Lipinski definition) is 1. The van der Waals surface area contributed by atoms with Crippen molar-refractivity contribution in [2.24, 2.45) is 0 Å². The molecule has 7 heteroatoms. The third-order valence-corrected chi connectivity index (χ3v) is 6.17. The number of nitrogens with one attached hydrogen (secondary N) is 1. The lowest BCUT2D eigenvalue weighted by Gasteiger charge is -2.31. The van der Waals surface area contributed by atoms with Gasteiger partial charge in [-0.05, 0) is 54.3 Å². The molecule has 0 aliphatic carbocycles. The number of likely N-dealkylation sites (N-methyl/N-ethyl adjacent to an activating group) is 1. The van der Waals surface area contributed by atoms with Gasteiger partial charge in [0, 0.05) is 31.0 Å². The number of nitrogens with zero attached hydrogens (tertiary/aromatic N) is 1. The summed E-state index contributed by atoms with van der Waals surface area (Å²) in [6.07, 6.45) is 1.15. The van der Waals surface area contributed by atoms with E-state index in [-0.39, 0.29) is 24.8 Å². The molecule has 36 heavy (non-hydrogen) atoms. The molecule has 0 saturated heterocycles. The highest BCUT2D eigenvalue weighted by molar-refractivity contribution is 6.30. The Labute approximate surface area is 218 Å². The van der Waals surface area contributed by atoms with E-state index in [1.807, 2.05) is 73.7 Å². The van der Waals surface area contributed by atoms with Crippen LogP contribution in [0.15, 0.2) is 72.8 Å². The lowest BCUT2D eigenvalue weighted by Crippen LogP contribution is -2.50. The largest absolute Gasteiger partial charge is 0.493 e. The quantitative estimate of drug-likeness (QED) is 0.371. The van der Waals surface area contributed by atoms with Crippen molar-refractivity contribution in [2.45, 2.75) is 38.8 Å². The molecule has 0 bridgehead atoms. The molecular weight excluding hydrogens is 476 g/mol. The van der Waals surface area contributed by atoms with E-state index in [1.54, 1.807) is 25.2 Å². The molecule has 0 spiro atoms. The van der Waals surface area contributed by atoms with E-state index >= 15 is 0 Å². The summed E-state index contributed by atoms with van der Waals surface area (Å²) in [5, 5.41) is 3.50. The first-order valence-electron chi connectivity index (χ1n) is 12.0. The molecule has 190 valence electrons. The molecule has 0 radical (unpaired) electrons. The second-order valence-electron chi connectivity index (χ2n) is 8.44. The van der Waals surface area contributed by atoms with Crippen molar-refractivity contribution >= 4 is 23.4 Å². The Hall–Kier alpha value is -3.51. The Morgan fingerprint density at radius 2 is 1.61 bits per heavy atom. The third kappa shape index (κ3) is 7.49. The van der Waals surface area contributed by atoms with Crippen molar-refractivity contribution in [1.82, 2.24) is 10.2 Å². The molecule has 0 heterocycles. The van der Waals surface area contributed by atoms with E-state index in [0.717, 1.165) is 16.7 Å². The summed E-state index contributed by atoms with van der Waals surface area (Å²) in [5.41, 5.74) is 2.79. The van der Waals surface area contributed by atoms with Crippen molar-refractivity contribution < 1.29 is 19.1 Å². The average molecular weight is 509 g/mol. The molecule has 3 rings (SSSR count). The molecule has 0 aliphatic rings. The maximum Gasteiger partial charge on any atom is 0.243 e. The van der Waals surface area contributed by atoms with Crippen LogP contribution in [0.5, 0.6) is 11.5 Å². The van der Waals surface area contributed by atoms with Gasteiger partial charge in [-0.25, -0.2) is 0 Å². The van der Waals surface area contributed by atoms with Crippen LogP contribution in [0, 0.1) is 0 Å². The highest BCUT2D eigenvalue weighted by atomic mass is 35.5. The van der Waals surface area contributed by atoms with Crippen LogP contribution >= 0.6 is 11.6 Å². The number of carbonyl (C=O) groups excluding carboxylic acids is 2. The first-order chi connectivity index (χ1) is 17.4. The van der Waals surface area contributed by atoms with Crippen molar-refractivity contribution in [3.05, 3.63) is 94.5 Å². The third-order valence-electron chi connectivity index (χ3n) is 5.94. The number of aryl methyl sites for hydroxylation is 1. The Morgan fingerprint density at radius 3 is 2.28 bits per heavy atom. The van der Waals surface area contributed by atoms with Crippen LogP contribution in [-0.2, 0) is 29.0 Å². The lowest BCUT2D eigenvalue weighted by molar-refractivity contribution is -0.141. The Kier molecular flexibility index (Phi) is 10.2. The van der Waals surface area contributed by atoms with Crippen LogP contribution in [0.25, 0.3) is 0 Å². The molecular formula is C29H33ClN2O4. The Balaban J connectivity index is 1.88. The molecule has 6 nitrogen and oxygen atoms in total. The molecule has 3 aromatic rings. The van der Waals surface area contributed by atoms with Gasteiger partial charge in [-0.1, -0.05) is 60.1 Å². The van der Waals surface area contributed by atoms with Gasteiger partial charge in [0.25, 0.3) is 0 Å². The highest BCUT2D eigenvalue weighted by Crippen LogP contribution is 2.28. The fourth-order valence-electron chi connectivity index (χ4n) is 4.11. The maximum atomic E-state index is 13.7. The minimum absolute atomic E-state index is 0.114. The molecule has 1 atom stereocenters. The normalized spacial score (nSPS) is 11.4. The zero-order chi connectivity index (χ0) is 25.9. The summed E-state index contributed by atoms with van der Waals surface area (Å²) < 4.78 is 10.7. The Bertz CT molecular complexity index is 1150. The van der Waals surface area contributed by atoms with Crippen molar-refractivity contribution in [2.75, 3.05) is 20.8 Å². The number of rotatable bonds is 12. The van der Waals surface area contributed by atoms with E-state index in [2.05, 4.69) is 5.32 Å². The minimum Gasteiger partial charge on any atom is -0.493 e. The fourth-order valence-corrected chi connectivity index (χ4v) is 4.32. The topological polar surface area (TPSA) is 67.9 Å². The van der Waals surface area contributed by atoms with Crippen molar-refractivity contribution in [3.63, 3.8) is 0 Å². The lowest BCUT2D eigenvalue weighted by atomic mass is 10.0. The standard InChI is InChI=1S/C29H33ClN2O4/c1-4-31-29(34)25(18-21-9-6-5-7-10-21)32(20-23-11-8-12-24(30)17-23)28(33)16-14-22-13-15-26(35-2)27(19-22)36-3/h5-13,15,17,19,25H,4,14,16,18,20H2,1-3H3,(H,31,34)/t25-/m0/s1. The number of halogens is 1. The van der Waals surface area contributed by atoms with Crippen molar-refractivity contribution in [3.8, 4) is 11.5 Å². The number of hydrogen-bond acceptors (Lipinski definition) is 4. The molecule has 0 saturated carbocycles. The number of carbonyl (C=O) groups is 2. The number of methoxy groups -OCH3 is 2. The summed E-state index contributed by atoms with van der Waals surface area (Å²) >= 11 is 6.22. The van der Waals surface area contributed by atoms with Crippen LogP contribution in [0.1, 0.15) is 30.0 Å². The van der Waals surface area contributed by atoms with Gasteiger partial charge < -0.3 is 19.7 Å². The van der Waals surface area contributed by atoms with Gasteiger partial charge in [0.15, 0.2) is 11.5 Å². The van der Waals surface area contributed by atoms with Gasteiger partial charge in [-0.2, -0.15) is 0 Å². The average Bonchev–Trinajstić information content (AvgIpc) is 2.89. The zero-order valence-electron chi connectivity index (χ0n) is 21.0. The smallest absolute Gasteiger partial charge is 0.243 e. The van der Waals surface area contributed by atoms with Crippen LogP contribution in [0.2, 0.25) is 5.02 Å². The highest BCUT2D eigenvalue weighted by Gasteiger charge is 2.30. The number of amides is 2. The summed E-state index contributed by atoms with van der Waals surface area (Å²) in [6, 6.07) is 22.1. The van der Waals surface area contributed by atoms with Gasteiger partial charge in [-0.3, -0.25) is 9.59 Å². The molecule has 2 amide bonds. The number of ether oxygens (including phenoxy) is 2. The van der Waals surface area contributed by atoms with Gasteiger partial charge in [0.1, 0.15) is 6.04 Å². The maximum absolute atomic E-state index is 13.7. The van der Waals surface area contributed by atoms with Crippen LogP contribution < -0.4 is 14.8 Å².